The molecule has 0 saturated heterocycles. The van der Waals surface area contributed by atoms with Crippen LogP contribution in [0.4, 0.5) is 0 Å². The fraction of sp³-hybridized carbons (Fsp3) is 0.0500. The van der Waals surface area contributed by atoms with Crippen LogP contribution in [-0.4, -0.2) is 35.1 Å². The molecule has 0 unspecified atom stereocenters. The Morgan fingerprint density at radius 2 is 1.34 bits per heavy atom. The molecule has 4 aromatic rings. The summed E-state index contributed by atoms with van der Waals surface area (Å²) in [4.78, 5) is 3.63. The van der Waals surface area contributed by atoms with Crippen LogP contribution in [0.25, 0.3) is 22.8 Å². The quantitative estimate of drug-likeness (QED) is 0.291. The third kappa shape index (κ3) is 5.55. The summed E-state index contributed by atoms with van der Waals surface area (Å²) in [6.45, 7) is 0. The fourth-order valence-corrected chi connectivity index (χ4v) is 2.44. The minimum atomic E-state index is -4.41. The van der Waals surface area contributed by atoms with E-state index in [0.717, 1.165) is 24.0 Å². The minimum absolute atomic E-state index is 0.693. The van der Waals surface area contributed by atoms with Crippen molar-refractivity contribution in [2.75, 3.05) is 7.11 Å². The molecule has 0 radical (unpaired) electrons. The second-order valence-electron chi connectivity index (χ2n) is 5.71. The monoisotopic (exact) mass is 410 g/mol. The number of hydrogen-bond acceptors (Lipinski definition) is 6. The lowest BCUT2D eigenvalue weighted by Crippen LogP contribution is -2.43. The first-order chi connectivity index (χ1) is 14.0. The summed E-state index contributed by atoms with van der Waals surface area (Å²) in [5.41, 5.74) is 2.92. The van der Waals surface area contributed by atoms with Crippen molar-refractivity contribution in [2.45, 2.75) is 0 Å². The Labute approximate surface area is 168 Å². The maximum absolute atomic E-state index is 9.22. The molecule has 3 aromatic carbocycles. The van der Waals surface area contributed by atoms with Crippen molar-refractivity contribution in [1.82, 2.24) is 15.0 Å². The molecule has 0 aliphatic rings. The fourth-order valence-electron chi connectivity index (χ4n) is 2.44. The molecule has 8 nitrogen and oxygen atoms in total. The topological polar surface area (TPSA) is 101 Å². The van der Waals surface area contributed by atoms with Gasteiger partial charge in [0.2, 0.25) is 10.4 Å². The van der Waals surface area contributed by atoms with Gasteiger partial charge in [0.05, 0.1) is 17.8 Å². The highest BCUT2D eigenvalue weighted by atomic mass is 32.3. The largest absolute Gasteiger partial charge is 0.726 e. The normalized spacial score (nSPS) is 10.8. The van der Waals surface area contributed by atoms with Gasteiger partial charge in [-0.05, 0) is 46.3 Å². The van der Waals surface area contributed by atoms with Crippen LogP contribution < -0.4 is 4.80 Å². The lowest BCUT2D eigenvalue weighted by Gasteiger charge is -1.98. The van der Waals surface area contributed by atoms with Crippen LogP contribution in [0.2, 0.25) is 0 Å². The van der Waals surface area contributed by atoms with Crippen molar-refractivity contribution in [3.63, 3.8) is 0 Å². The van der Waals surface area contributed by atoms with Gasteiger partial charge < -0.3 is 4.55 Å². The van der Waals surface area contributed by atoms with Crippen LogP contribution in [0.1, 0.15) is 0 Å². The van der Waals surface area contributed by atoms with E-state index >= 15 is 0 Å². The van der Waals surface area contributed by atoms with Gasteiger partial charge in [-0.3, -0.25) is 4.18 Å². The molecule has 29 heavy (non-hydrogen) atoms. The Morgan fingerprint density at radius 1 is 0.862 bits per heavy atom. The Bertz CT molecular complexity index is 1090. The van der Waals surface area contributed by atoms with E-state index < -0.39 is 10.4 Å². The molecule has 0 aliphatic carbocycles. The Morgan fingerprint density at radius 3 is 1.86 bits per heavy atom. The summed E-state index contributed by atoms with van der Waals surface area (Å²) < 4.78 is 31.0. The summed E-state index contributed by atoms with van der Waals surface area (Å²) in [5, 5.41) is 9.39. The minimum Gasteiger partial charge on any atom is -0.726 e. The zero-order valence-corrected chi connectivity index (χ0v) is 16.3. The van der Waals surface area contributed by atoms with Gasteiger partial charge in [0.1, 0.15) is 5.69 Å². The van der Waals surface area contributed by atoms with E-state index in [1.807, 2.05) is 101 Å². The van der Waals surface area contributed by atoms with E-state index in [4.69, 9.17) is 10.2 Å². The molecule has 0 bridgehead atoms. The van der Waals surface area contributed by atoms with Crippen LogP contribution in [0.3, 0.4) is 0 Å². The lowest BCUT2D eigenvalue weighted by molar-refractivity contribution is -0.734. The first-order valence-electron chi connectivity index (χ1n) is 8.55. The molecule has 9 heteroatoms. The molecule has 0 atom stereocenters. The van der Waals surface area contributed by atoms with Crippen LogP contribution in [-0.2, 0) is 14.6 Å². The Balaban J connectivity index is 0.000000353. The first-order valence-corrected chi connectivity index (χ1v) is 9.88. The van der Waals surface area contributed by atoms with Gasteiger partial charge in [0, 0.05) is 4.80 Å². The Hall–Kier alpha value is -3.40. The van der Waals surface area contributed by atoms with Crippen LogP contribution in [0.5, 0.6) is 0 Å². The molecule has 0 amide bonds. The molecule has 4 rings (SSSR count). The van der Waals surface area contributed by atoms with E-state index in [-0.39, 0.29) is 0 Å². The van der Waals surface area contributed by atoms with Crippen LogP contribution in [0, 0.1) is 0 Å². The van der Waals surface area contributed by atoms with E-state index in [1.54, 1.807) is 0 Å². The average molecular weight is 410 g/mol. The number of tetrazole rings is 1. The highest BCUT2D eigenvalue weighted by Crippen LogP contribution is 2.14. The van der Waals surface area contributed by atoms with Crippen molar-refractivity contribution >= 4 is 10.4 Å². The smallest absolute Gasteiger partial charge is 0.340 e. The number of para-hydroxylation sites is 2. The van der Waals surface area contributed by atoms with Crippen LogP contribution >= 0.6 is 0 Å². The number of rotatable bonds is 4. The summed E-state index contributed by atoms with van der Waals surface area (Å²) in [6.07, 6.45) is 0. The van der Waals surface area contributed by atoms with Crippen molar-refractivity contribution in [3.8, 4) is 22.8 Å². The second-order valence-corrected chi connectivity index (χ2v) is 6.86. The average Bonchev–Trinajstić information content (AvgIpc) is 3.21. The van der Waals surface area contributed by atoms with Crippen molar-refractivity contribution in [1.29, 1.82) is 0 Å². The zero-order valence-electron chi connectivity index (χ0n) is 15.5. The molecule has 1 heterocycles. The van der Waals surface area contributed by atoms with Crippen molar-refractivity contribution in [3.05, 3.63) is 91.0 Å². The van der Waals surface area contributed by atoms with Gasteiger partial charge in [0.15, 0.2) is 5.69 Å². The van der Waals surface area contributed by atoms with Gasteiger partial charge in [0.25, 0.3) is 0 Å². The third-order valence-corrected chi connectivity index (χ3v) is 4.18. The number of aromatic nitrogens is 4. The number of nitrogens with zero attached hydrogens (tertiary/aromatic N) is 4. The van der Waals surface area contributed by atoms with E-state index in [0.29, 0.717) is 5.82 Å². The van der Waals surface area contributed by atoms with E-state index in [2.05, 4.69) is 4.18 Å². The second kappa shape index (κ2) is 9.20. The zero-order chi connectivity index (χ0) is 20.7. The summed E-state index contributed by atoms with van der Waals surface area (Å²) in [5.74, 6) is 0.693. The SMILES string of the molecule is COS(=O)(=O)[O-].c1ccc(-c2nn(-c3ccccc3)[n+](-c3ccccc3)n2)cc1. The predicted octanol–water partition coefficient (Wildman–Crippen LogP) is 2.30. The molecule has 0 saturated carbocycles. The molecule has 0 spiro atoms. The van der Waals surface area contributed by atoms with Crippen molar-refractivity contribution in [2.24, 2.45) is 0 Å². The summed E-state index contributed by atoms with van der Waals surface area (Å²) in [7, 11) is -3.60. The maximum atomic E-state index is 9.22. The molecular formula is C20H18N4O4S. The van der Waals surface area contributed by atoms with Gasteiger partial charge in [-0.25, -0.2) is 8.42 Å². The predicted molar refractivity (Wildman–Crippen MR) is 105 cm³/mol. The molecule has 148 valence electrons. The van der Waals surface area contributed by atoms with E-state index in [1.165, 1.54) is 0 Å². The summed E-state index contributed by atoms with van der Waals surface area (Å²) in [6, 6.07) is 30.0. The Kier molecular flexibility index (Phi) is 6.45. The van der Waals surface area contributed by atoms with Gasteiger partial charge in [-0.2, -0.15) is 0 Å². The van der Waals surface area contributed by atoms with Gasteiger partial charge in [-0.1, -0.05) is 54.6 Å². The van der Waals surface area contributed by atoms with E-state index in [9.17, 15) is 13.0 Å². The number of benzene rings is 3. The molecular weight excluding hydrogens is 392 g/mol. The highest BCUT2D eigenvalue weighted by Gasteiger charge is 2.22. The number of hydrogen-bond donors (Lipinski definition) is 0. The lowest BCUT2D eigenvalue weighted by atomic mass is 10.2. The van der Waals surface area contributed by atoms with Gasteiger partial charge >= 0.3 is 5.82 Å². The summed E-state index contributed by atoms with van der Waals surface area (Å²) >= 11 is 0. The third-order valence-electron chi connectivity index (χ3n) is 3.77. The van der Waals surface area contributed by atoms with Gasteiger partial charge in [-0.15, -0.1) is 0 Å². The molecule has 0 aliphatic heterocycles. The molecule has 1 aromatic heterocycles. The van der Waals surface area contributed by atoms with Crippen LogP contribution in [0.15, 0.2) is 91.0 Å². The first kappa shape index (κ1) is 20.3. The molecule has 0 fully saturated rings. The van der Waals surface area contributed by atoms with Crippen molar-refractivity contribution < 1.29 is 22.0 Å². The maximum Gasteiger partial charge on any atom is 0.340 e. The molecule has 0 N–H and O–H groups in total. The highest BCUT2D eigenvalue weighted by molar-refractivity contribution is 7.80. The standard InChI is InChI=1S/C19H15N4.CH4O4S/c1-4-10-16(11-5-1)19-20-22(17-12-6-2-7-13-17)23(21-19)18-14-8-3-9-15-18;1-5-6(2,3)4/h1-15H;1H3,(H,2,3,4)/q+1;/p-1.